The first-order valence-corrected chi connectivity index (χ1v) is 5.95. The van der Waals surface area contributed by atoms with E-state index in [-0.39, 0.29) is 0 Å². The highest BCUT2D eigenvalue weighted by atomic mass is 14.2. The fourth-order valence-corrected chi connectivity index (χ4v) is 2.12. The van der Waals surface area contributed by atoms with Crippen molar-refractivity contribution < 1.29 is 0 Å². The molecule has 0 atom stereocenters. The largest absolute Gasteiger partial charge is 0.0955 e. The number of hydrogen-bond donors (Lipinski definition) is 0. The van der Waals surface area contributed by atoms with E-state index in [1.165, 1.54) is 27.8 Å². The summed E-state index contributed by atoms with van der Waals surface area (Å²) in [6.07, 6.45) is 0. The van der Waals surface area contributed by atoms with Gasteiger partial charge in [0.05, 0.1) is 0 Å². The minimum Gasteiger partial charge on any atom is -0.0955 e. The molecule has 0 aliphatic rings. The van der Waals surface area contributed by atoms with E-state index < -0.39 is 0 Å². The number of hydrogen-bond acceptors (Lipinski definition) is 0. The van der Waals surface area contributed by atoms with Crippen LogP contribution in [0.2, 0.25) is 0 Å². The molecule has 1 aromatic carbocycles. The van der Waals surface area contributed by atoms with Crippen LogP contribution in [0.25, 0.3) is 5.57 Å². The minimum atomic E-state index is 1.03. The van der Waals surface area contributed by atoms with Crippen LogP contribution in [-0.4, -0.2) is 0 Å². The van der Waals surface area contributed by atoms with Gasteiger partial charge in [-0.2, -0.15) is 0 Å². The third-order valence-corrected chi connectivity index (χ3v) is 3.05. The highest BCUT2D eigenvalue weighted by Gasteiger charge is 2.13. The smallest absolute Gasteiger partial charge is 0.0120 e. The second kappa shape index (κ2) is 5.18. The molecule has 0 aromatic heterocycles. The quantitative estimate of drug-likeness (QED) is 0.619. The summed E-state index contributed by atoms with van der Waals surface area (Å²) in [7, 11) is 0. The standard InChI is InChI=1S/C17H22/c1-11(2)15(7)16(12(3)4)17-13(5)9-8-10-14(17)6/h8-10H,1,7H2,2-6H3. The minimum absolute atomic E-state index is 1.03. The van der Waals surface area contributed by atoms with Crippen molar-refractivity contribution in [3.8, 4) is 0 Å². The summed E-state index contributed by atoms with van der Waals surface area (Å²) in [5.41, 5.74) is 8.50. The van der Waals surface area contributed by atoms with Crippen molar-refractivity contribution in [3.63, 3.8) is 0 Å². The Hall–Kier alpha value is -1.56. The van der Waals surface area contributed by atoms with Crippen molar-refractivity contribution in [1.82, 2.24) is 0 Å². The molecule has 0 saturated heterocycles. The molecule has 0 heterocycles. The zero-order chi connectivity index (χ0) is 13.2. The Kier molecular flexibility index (Phi) is 4.11. The maximum absolute atomic E-state index is 4.18. The molecule has 1 aromatic rings. The summed E-state index contributed by atoms with van der Waals surface area (Å²) >= 11 is 0. The third kappa shape index (κ3) is 2.76. The molecule has 0 spiro atoms. The van der Waals surface area contributed by atoms with Gasteiger partial charge in [-0.3, -0.25) is 0 Å². The Morgan fingerprint density at radius 2 is 1.41 bits per heavy atom. The first-order valence-electron chi connectivity index (χ1n) is 5.95. The maximum atomic E-state index is 4.18. The molecule has 0 bridgehead atoms. The molecule has 0 saturated carbocycles. The fraction of sp³-hybridized carbons (Fsp3) is 0.294. The average Bonchev–Trinajstić information content (AvgIpc) is 2.22. The molecule has 0 heteroatoms. The summed E-state index contributed by atoms with van der Waals surface area (Å²) in [6, 6.07) is 6.40. The van der Waals surface area contributed by atoms with Gasteiger partial charge in [-0.15, -0.1) is 0 Å². The Bertz CT molecular complexity index is 475. The highest BCUT2D eigenvalue weighted by Crippen LogP contribution is 2.33. The third-order valence-electron chi connectivity index (χ3n) is 3.05. The molecule has 0 nitrogen and oxygen atoms in total. The first kappa shape index (κ1) is 13.5. The van der Waals surface area contributed by atoms with Crippen LogP contribution in [0.1, 0.15) is 37.5 Å². The van der Waals surface area contributed by atoms with E-state index in [9.17, 15) is 0 Å². The van der Waals surface area contributed by atoms with Gasteiger partial charge in [0, 0.05) is 0 Å². The van der Waals surface area contributed by atoms with Crippen LogP contribution in [-0.2, 0) is 0 Å². The van der Waals surface area contributed by atoms with Gasteiger partial charge >= 0.3 is 0 Å². The summed E-state index contributed by atoms with van der Waals surface area (Å²) in [6.45, 7) is 18.8. The van der Waals surface area contributed by atoms with E-state index in [2.05, 4.69) is 59.1 Å². The van der Waals surface area contributed by atoms with Gasteiger partial charge < -0.3 is 0 Å². The SMILES string of the molecule is C=C(C)C(=C)C(=C(C)C)c1c(C)cccc1C. The second-order valence-corrected chi connectivity index (χ2v) is 4.90. The Balaban J connectivity index is 3.52. The highest BCUT2D eigenvalue weighted by molar-refractivity contribution is 5.86. The summed E-state index contributed by atoms with van der Waals surface area (Å²) < 4.78 is 0. The molecule has 0 N–H and O–H groups in total. The van der Waals surface area contributed by atoms with E-state index in [0.717, 1.165) is 11.1 Å². The lowest BCUT2D eigenvalue weighted by Crippen LogP contribution is -1.98. The van der Waals surface area contributed by atoms with Crippen LogP contribution >= 0.6 is 0 Å². The van der Waals surface area contributed by atoms with E-state index in [1.54, 1.807) is 0 Å². The van der Waals surface area contributed by atoms with Crippen molar-refractivity contribution in [2.75, 3.05) is 0 Å². The zero-order valence-electron chi connectivity index (χ0n) is 11.6. The molecule has 90 valence electrons. The molecule has 17 heavy (non-hydrogen) atoms. The zero-order valence-corrected chi connectivity index (χ0v) is 11.6. The predicted octanol–water partition coefficient (Wildman–Crippen LogP) is 5.23. The summed E-state index contributed by atoms with van der Waals surface area (Å²) in [5, 5.41) is 0. The van der Waals surface area contributed by atoms with Crippen LogP contribution < -0.4 is 0 Å². The van der Waals surface area contributed by atoms with Gasteiger partial charge in [0.25, 0.3) is 0 Å². The lowest BCUT2D eigenvalue weighted by molar-refractivity contribution is 1.28. The van der Waals surface area contributed by atoms with Crippen molar-refractivity contribution >= 4 is 5.57 Å². The van der Waals surface area contributed by atoms with E-state index in [1.807, 2.05) is 6.92 Å². The van der Waals surface area contributed by atoms with Gasteiger partial charge in [-0.05, 0) is 62.5 Å². The maximum Gasteiger partial charge on any atom is -0.0120 e. The van der Waals surface area contributed by atoms with Gasteiger partial charge in [-0.1, -0.05) is 42.5 Å². The van der Waals surface area contributed by atoms with Crippen LogP contribution in [0.5, 0.6) is 0 Å². The van der Waals surface area contributed by atoms with Gasteiger partial charge in [0.15, 0.2) is 0 Å². The molecule has 0 amide bonds. The molecule has 1 rings (SSSR count). The summed E-state index contributed by atoms with van der Waals surface area (Å²) in [4.78, 5) is 0. The van der Waals surface area contributed by atoms with E-state index in [0.29, 0.717) is 0 Å². The molecule has 0 unspecified atom stereocenters. The normalized spacial score (nSPS) is 9.94. The lowest BCUT2D eigenvalue weighted by atomic mass is 9.86. The molecule has 0 radical (unpaired) electrons. The molecule has 0 aliphatic heterocycles. The first-order chi connectivity index (χ1) is 7.86. The van der Waals surface area contributed by atoms with Gasteiger partial charge in [0.2, 0.25) is 0 Å². The van der Waals surface area contributed by atoms with Crippen LogP contribution in [0, 0.1) is 13.8 Å². The Morgan fingerprint density at radius 3 is 1.76 bits per heavy atom. The molecular weight excluding hydrogens is 204 g/mol. The predicted molar refractivity (Wildman–Crippen MR) is 78.1 cm³/mol. The van der Waals surface area contributed by atoms with Crippen LogP contribution in [0.4, 0.5) is 0 Å². The van der Waals surface area contributed by atoms with Gasteiger partial charge in [0.1, 0.15) is 0 Å². The Labute approximate surface area is 105 Å². The van der Waals surface area contributed by atoms with Crippen LogP contribution in [0.15, 0.2) is 48.1 Å². The number of allylic oxidation sites excluding steroid dienone is 4. The average molecular weight is 226 g/mol. The second-order valence-electron chi connectivity index (χ2n) is 4.90. The fourth-order valence-electron chi connectivity index (χ4n) is 2.12. The topological polar surface area (TPSA) is 0 Å². The van der Waals surface area contributed by atoms with Crippen molar-refractivity contribution in [2.45, 2.75) is 34.6 Å². The van der Waals surface area contributed by atoms with Gasteiger partial charge in [-0.25, -0.2) is 0 Å². The molecule has 0 aliphatic carbocycles. The summed E-state index contributed by atoms with van der Waals surface area (Å²) in [5.74, 6) is 0. The number of aryl methyl sites for hydroxylation is 2. The molecule has 0 fully saturated rings. The van der Waals surface area contributed by atoms with Crippen molar-refractivity contribution in [3.05, 3.63) is 64.8 Å². The van der Waals surface area contributed by atoms with Crippen LogP contribution in [0.3, 0.4) is 0 Å². The lowest BCUT2D eigenvalue weighted by Gasteiger charge is -2.18. The van der Waals surface area contributed by atoms with E-state index >= 15 is 0 Å². The Morgan fingerprint density at radius 1 is 0.941 bits per heavy atom. The number of rotatable bonds is 3. The number of benzene rings is 1. The monoisotopic (exact) mass is 226 g/mol. The van der Waals surface area contributed by atoms with Crippen molar-refractivity contribution in [2.24, 2.45) is 0 Å². The van der Waals surface area contributed by atoms with E-state index in [4.69, 9.17) is 0 Å². The molecular formula is C17H22. The van der Waals surface area contributed by atoms with Crippen molar-refractivity contribution in [1.29, 1.82) is 0 Å².